The zero-order valence-electron chi connectivity index (χ0n) is 17.1. The van der Waals surface area contributed by atoms with Crippen LogP contribution in [-0.4, -0.2) is 18.4 Å². The number of ether oxygens (including phenoxy) is 1. The van der Waals surface area contributed by atoms with Gasteiger partial charge in [-0.1, -0.05) is 12.1 Å². The van der Waals surface area contributed by atoms with Gasteiger partial charge in [0.1, 0.15) is 11.4 Å². The van der Waals surface area contributed by atoms with Gasteiger partial charge in [0.05, 0.1) is 17.9 Å². The van der Waals surface area contributed by atoms with Crippen molar-refractivity contribution in [1.29, 1.82) is 0 Å². The molecule has 2 amide bonds. The highest BCUT2D eigenvalue weighted by atomic mass is 32.1. The van der Waals surface area contributed by atoms with Crippen LogP contribution < -0.4 is 15.0 Å². The molecule has 1 aromatic heterocycles. The largest absolute Gasteiger partial charge is 0.494 e. The molecule has 1 aliphatic heterocycles. The standard InChI is InChI=1S/C24H22N2O3S/c1-4-29-19-11-9-18(10-12-19)26-23(27)21(20-6-5-13-30-20)22(24(26)28)25-17-8-7-15(2)16(3)14-17/h5-14,25H,4H2,1-3H3. The van der Waals surface area contributed by atoms with Crippen LogP contribution in [0.4, 0.5) is 11.4 Å². The number of amides is 2. The summed E-state index contributed by atoms with van der Waals surface area (Å²) in [5.74, 6) is -0.0102. The van der Waals surface area contributed by atoms with Crippen molar-refractivity contribution >= 4 is 40.1 Å². The smallest absolute Gasteiger partial charge is 0.282 e. The molecule has 0 aliphatic carbocycles. The third-order valence-corrected chi connectivity index (χ3v) is 5.92. The summed E-state index contributed by atoms with van der Waals surface area (Å²) in [6.45, 7) is 6.51. The minimum Gasteiger partial charge on any atom is -0.494 e. The molecule has 1 aliphatic rings. The highest BCUT2D eigenvalue weighted by Gasteiger charge is 2.40. The van der Waals surface area contributed by atoms with Gasteiger partial charge in [0, 0.05) is 10.6 Å². The zero-order valence-corrected chi connectivity index (χ0v) is 17.9. The number of benzene rings is 2. The highest BCUT2D eigenvalue weighted by molar-refractivity contribution is 7.11. The van der Waals surface area contributed by atoms with Gasteiger partial charge in [-0.2, -0.15) is 0 Å². The summed E-state index contributed by atoms with van der Waals surface area (Å²) >= 11 is 1.43. The molecule has 3 aromatic rings. The van der Waals surface area contributed by atoms with Crippen molar-refractivity contribution in [3.8, 4) is 5.75 Å². The van der Waals surface area contributed by atoms with Gasteiger partial charge < -0.3 is 10.1 Å². The van der Waals surface area contributed by atoms with E-state index in [4.69, 9.17) is 4.74 Å². The lowest BCUT2D eigenvalue weighted by Gasteiger charge is -2.16. The monoisotopic (exact) mass is 418 g/mol. The summed E-state index contributed by atoms with van der Waals surface area (Å²) in [6.07, 6.45) is 0. The Hall–Kier alpha value is -3.38. The van der Waals surface area contributed by atoms with Gasteiger partial charge in [-0.3, -0.25) is 9.59 Å². The number of aryl methyl sites for hydroxylation is 2. The van der Waals surface area contributed by atoms with Gasteiger partial charge in [-0.15, -0.1) is 11.3 Å². The van der Waals surface area contributed by atoms with Gasteiger partial charge in [0.2, 0.25) is 0 Å². The van der Waals surface area contributed by atoms with E-state index in [0.717, 1.165) is 21.7 Å². The van der Waals surface area contributed by atoms with Crippen molar-refractivity contribution in [3.63, 3.8) is 0 Å². The lowest BCUT2D eigenvalue weighted by Crippen LogP contribution is -2.32. The van der Waals surface area contributed by atoms with Crippen LogP contribution >= 0.6 is 11.3 Å². The molecular weight excluding hydrogens is 396 g/mol. The maximum atomic E-state index is 13.3. The predicted molar refractivity (Wildman–Crippen MR) is 121 cm³/mol. The Balaban J connectivity index is 1.73. The van der Waals surface area contributed by atoms with E-state index in [-0.39, 0.29) is 11.8 Å². The third-order valence-electron chi connectivity index (χ3n) is 5.03. The van der Waals surface area contributed by atoms with Crippen molar-refractivity contribution < 1.29 is 14.3 Å². The van der Waals surface area contributed by atoms with Crippen LogP contribution in [0.3, 0.4) is 0 Å². The summed E-state index contributed by atoms with van der Waals surface area (Å²) < 4.78 is 5.47. The first-order valence-corrected chi connectivity index (χ1v) is 10.6. The summed E-state index contributed by atoms with van der Waals surface area (Å²) in [6, 6.07) is 16.6. The Morgan fingerprint density at radius 3 is 2.37 bits per heavy atom. The number of nitrogens with zero attached hydrogens (tertiary/aromatic N) is 1. The van der Waals surface area contributed by atoms with Crippen LogP contribution in [0.5, 0.6) is 5.75 Å². The first-order chi connectivity index (χ1) is 14.5. The normalized spacial score (nSPS) is 13.9. The van der Waals surface area contributed by atoms with Crippen LogP contribution in [0.2, 0.25) is 0 Å². The minimum atomic E-state index is -0.370. The number of hydrogen-bond donors (Lipinski definition) is 1. The number of carbonyl (C=O) groups is 2. The first kappa shape index (κ1) is 19.9. The fourth-order valence-electron chi connectivity index (χ4n) is 3.35. The van der Waals surface area contributed by atoms with E-state index in [1.165, 1.54) is 16.2 Å². The number of anilines is 2. The second-order valence-electron chi connectivity index (χ2n) is 7.02. The van der Waals surface area contributed by atoms with E-state index < -0.39 is 0 Å². The molecule has 1 N–H and O–H groups in total. The molecule has 2 aromatic carbocycles. The van der Waals surface area contributed by atoms with E-state index in [0.29, 0.717) is 29.3 Å². The molecule has 0 spiro atoms. The maximum absolute atomic E-state index is 13.3. The lowest BCUT2D eigenvalue weighted by molar-refractivity contribution is -0.120. The molecule has 0 saturated carbocycles. The van der Waals surface area contributed by atoms with Gasteiger partial charge >= 0.3 is 0 Å². The Morgan fingerprint density at radius 2 is 1.73 bits per heavy atom. The van der Waals surface area contributed by atoms with Crippen LogP contribution in [0, 0.1) is 13.8 Å². The molecule has 4 rings (SSSR count). The summed E-state index contributed by atoms with van der Waals surface area (Å²) in [5, 5.41) is 5.10. The predicted octanol–water partition coefficient (Wildman–Crippen LogP) is 5.16. The molecule has 0 saturated heterocycles. The van der Waals surface area contributed by atoms with Crippen molar-refractivity contribution in [2.24, 2.45) is 0 Å². The molecule has 152 valence electrons. The number of rotatable bonds is 6. The van der Waals surface area contributed by atoms with Crippen LogP contribution in [0.25, 0.3) is 5.57 Å². The SMILES string of the molecule is CCOc1ccc(N2C(=O)C(Nc3ccc(C)c(C)c3)=C(c3cccs3)C2=O)cc1. The fraction of sp³-hybridized carbons (Fsp3) is 0.167. The van der Waals surface area contributed by atoms with Crippen molar-refractivity contribution in [3.05, 3.63) is 81.7 Å². The van der Waals surface area contributed by atoms with Gasteiger partial charge in [0.15, 0.2) is 0 Å². The molecule has 0 unspecified atom stereocenters. The first-order valence-electron chi connectivity index (χ1n) is 9.73. The summed E-state index contributed by atoms with van der Waals surface area (Å²) in [4.78, 5) is 28.7. The number of thiophene rings is 1. The molecular formula is C24H22N2O3S. The average Bonchev–Trinajstić information content (AvgIpc) is 3.33. The van der Waals surface area contributed by atoms with Gasteiger partial charge in [-0.05, 0) is 79.7 Å². The average molecular weight is 419 g/mol. The highest BCUT2D eigenvalue weighted by Crippen LogP contribution is 2.36. The van der Waals surface area contributed by atoms with E-state index in [2.05, 4.69) is 5.32 Å². The van der Waals surface area contributed by atoms with Crippen molar-refractivity contribution in [2.45, 2.75) is 20.8 Å². The number of carbonyl (C=O) groups excluding carboxylic acids is 2. The molecule has 2 heterocycles. The molecule has 0 atom stereocenters. The molecule has 30 heavy (non-hydrogen) atoms. The molecule has 0 radical (unpaired) electrons. The Labute approximate surface area is 179 Å². The maximum Gasteiger partial charge on any atom is 0.282 e. The van der Waals surface area contributed by atoms with E-state index in [9.17, 15) is 9.59 Å². The number of hydrogen-bond acceptors (Lipinski definition) is 5. The number of nitrogens with one attached hydrogen (secondary N) is 1. The molecule has 0 fully saturated rings. The van der Waals surface area contributed by atoms with Crippen LogP contribution in [0.1, 0.15) is 22.9 Å². The van der Waals surface area contributed by atoms with E-state index in [1.807, 2.05) is 56.5 Å². The van der Waals surface area contributed by atoms with E-state index in [1.54, 1.807) is 24.3 Å². The van der Waals surface area contributed by atoms with E-state index >= 15 is 0 Å². The topological polar surface area (TPSA) is 58.6 Å². The van der Waals surface area contributed by atoms with Crippen LogP contribution in [0.15, 0.2) is 65.7 Å². The number of imide groups is 1. The second-order valence-corrected chi connectivity index (χ2v) is 7.97. The fourth-order valence-corrected chi connectivity index (χ4v) is 4.12. The Kier molecular flexibility index (Phi) is 5.42. The van der Waals surface area contributed by atoms with Crippen molar-refractivity contribution in [2.75, 3.05) is 16.8 Å². The quantitative estimate of drug-likeness (QED) is 0.562. The van der Waals surface area contributed by atoms with Gasteiger partial charge in [0.25, 0.3) is 11.8 Å². The summed E-state index contributed by atoms with van der Waals surface area (Å²) in [7, 11) is 0. The van der Waals surface area contributed by atoms with Crippen LogP contribution in [-0.2, 0) is 9.59 Å². The third kappa shape index (κ3) is 3.62. The molecule has 5 nitrogen and oxygen atoms in total. The Bertz CT molecular complexity index is 1130. The molecule has 6 heteroatoms. The summed E-state index contributed by atoms with van der Waals surface area (Å²) in [5.41, 5.74) is 4.24. The lowest BCUT2D eigenvalue weighted by atomic mass is 10.1. The van der Waals surface area contributed by atoms with Gasteiger partial charge in [-0.25, -0.2) is 4.90 Å². The molecule has 0 bridgehead atoms. The Morgan fingerprint density at radius 1 is 0.967 bits per heavy atom. The minimum absolute atomic E-state index is 0.291. The second kappa shape index (κ2) is 8.16. The van der Waals surface area contributed by atoms with Crippen molar-refractivity contribution in [1.82, 2.24) is 0 Å². The zero-order chi connectivity index (χ0) is 21.3.